The molecule has 1 aromatic carbocycles. The van der Waals surface area contributed by atoms with Crippen molar-refractivity contribution in [1.29, 1.82) is 0 Å². The van der Waals surface area contributed by atoms with Crippen LogP contribution in [0.3, 0.4) is 0 Å². The third kappa shape index (κ3) is 3.52. The maximum Gasteiger partial charge on any atom is 0.350 e. The molecule has 0 saturated carbocycles. The molecule has 1 aliphatic heterocycles. The minimum atomic E-state index is -0.506. The van der Waals surface area contributed by atoms with Crippen molar-refractivity contribution in [2.45, 2.75) is 6.92 Å². The van der Waals surface area contributed by atoms with E-state index in [0.29, 0.717) is 22.1 Å². The number of benzene rings is 1. The predicted octanol–water partition coefficient (Wildman–Crippen LogP) is 3.36. The molecule has 28 heavy (non-hydrogen) atoms. The van der Waals surface area contributed by atoms with Crippen molar-refractivity contribution in [3.63, 3.8) is 0 Å². The van der Waals surface area contributed by atoms with Crippen molar-refractivity contribution >= 4 is 28.9 Å². The van der Waals surface area contributed by atoms with Crippen molar-refractivity contribution in [2.24, 2.45) is 0 Å². The van der Waals surface area contributed by atoms with Crippen LogP contribution in [0, 0.1) is 0 Å². The summed E-state index contributed by atoms with van der Waals surface area (Å²) in [5.74, 6) is 0.332. The Morgan fingerprint density at radius 2 is 2.07 bits per heavy atom. The van der Waals surface area contributed by atoms with Crippen LogP contribution in [0.15, 0.2) is 42.9 Å². The number of hydrogen-bond acceptors (Lipinski definition) is 8. The van der Waals surface area contributed by atoms with Crippen LogP contribution in [-0.2, 0) is 4.74 Å². The molecule has 9 heteroatoms. The zero-order valence-electron chi connectivity index (χ0n) is 14.8. The molecule has 3 heterocycles. The molecule has 0 saturated heterocycles. The number of fused-ring (bicyclic) bond motifs is 1. The van der Waals surface area contributed by atoms with Gasteiger partial charge in [-0.1, -0.05) is 0 Å². The zero-order chi connectivity index (χ0) is 19.5. The third-order valence-electron chi connectivity index (χ3n) is 3.89. The van der Waals surface area contributed by atoms with Gasteiger partial charge < -0.3 is 19.5 Å². The van der Waals surface area contributed by atoms with Crippen LogP contribution in [0.5, 0.6) is 11.5 Å². The summed E-state index contributed by atoms with van der Waals surface area (Å²) < 4.78 is 15.9. The molecule has 8 nitrogen and oxygen atoms in total. The molecule has 1 amide bonds. The van der Waals surface area contributed by atoms with Gasteiger partial charge in [0, 0.05) is 17.3 Å². The van der Waals surface area contributed by atoms with Crippen molar-refractivity contribution in [1.82, 2.24) is 9.97 Å². The summed E-state index contributed by atoms with van der Waals surface area (Å²) in [5, 5.41) is 2.72. The topological polar surface area (TPSA) is 99.6 Å². The lowest BCUT2D eigenvalue weighted by Crippen LogP contribution is -2.15. The van der Waals surface area contributed by atoms with Gasteiger partial charge in [-0.15, -0.1) is 11.3 Å². The van der Waals surface area contributed by atoms with Gasteiger partial charge in [-0.3, -0.25) is 9.78 Å². The van der Waals surface area contributed by atoms with Crippen LogP contribution < -0.4 is 14.8 Å². The Bertz CT molecular complexity index is 1040. The van der Waals surface area contributed by atoms with Crippen LogP contribution >= 0.6 is 11.3 Å². The molecule has 1 N–H and O–H groups in total. The lowest BCUT2D eigenvalue weighted by Gasteiger charge is -2.05. The lowest BCUT2D eigenvalue weighted by molar-refractivity contribution is 0.0533. The van der Waals surface area contributed by atoms with E-state index in [-0.39, 0.29) is 19.1 Å². The maximum absolute atomic E-state index is 12.4. The van der Waals surface area contributed by atoms with Gasteiger partial charge in [-0.25, -0.2) is 9.78 Å². The van der Waals surface area contributed by atoms with E-state index in [1.165, 1.54) is 29.9 Å². The van der Waals surface area contributed by atoms with Crippen molar-refractivity contribution in [3.8, 4) is 21.9 Å². The first kappa shape index (κ1) is 17.9. The molecule has 4 rings (SSSR count). The minimum Gasteiger partial charge on any atom is -0.462 e. The fourth-order valence-electron chi connectivity index (χ4n) is 2.63. The Morgan fingerprint density at radius 1 is 1.21 bits per heavy atom. The molecule has 0 bridgehead atoms. The van der Waals surface area contributed by atoms with E-state index in [1.807, 2.05) is 12.1 Å². The summed E-state index contributed by atoms with van der Waals surface area (Å²) in [4.78, 5) is 33.8. The van der Waals surface area contributed by atoms with Gasteiger partial charge in [0.25, 0.3) is 5.91 Å². The second-order valence-electron chi connectivity index (χ2n) is 5.69. The van der Waals surface area contributed by atoms with E-state index < -0.39 is 11.9 Å². The molecule has 3 aromatic rings. The largest absolute Gasteiger partial charge is 0.462 e. The normalized spacial score (nSPS) is 11.9. The van der Waals surface area contributed by atoms with Gasteiger partial charge in [0.2, 0.25) is 6.79 Å². The molecular formula is C19H15N3O5S. The van der Waals surface area contributed by atoms with Gasteiger partial charge in [0.1, 0.15) is 10.6 Å². The summed E-state index contributed by atoms with van der Waals surface area (Å²) in [7, 11) is 0. The Morgan fingerprint density at radius 3 is 2.86 bits per heavy atom. The van der Waals surface area contributed by atoms with E-state index in [2.05, 4.69) is 15.3 Å². The number of aromatic nitrogens is 2. The summed E-state index contributed by atoms with van der Waals surface area (Å²) in [6.07, 6.45) is 4.25. The zero-order valence-corrected chi connectivity index (χ0v) is 15.6. The molecule has 0 unspecified atom stereocenters. The summed E-state index contributed by atoms with van der Waals surface area (Å²) in [6.45, 7) is 2.13. The molecule has 0 atom stereocenters. The molecule has 142 valence electrons. The SMILES string of the molecule is CCOC(=O)c1sc(-c2ccc3c(c2)OCO3)cc1NC(=O)c1cnccn1. The first-order valence-corrected chi connectivity index (χ1v) is 9.25. The van der Waals surface area contributed by atoms with E-state index in [0.717, 1.165) is 10.4 Å². The Kier molecular flexibility index (Phi) is 4.90. The van der Waals surface area contributed by atoms with Crippen molar-refractivity contribution in [2.75, 3.05) is 18.7 Å². The second kappa shape index (κ2) is 7.65. The fourth-order valence-corrected chi connectivity index (χ4v) is 3.63. The predicted molar refractivity (Wildman–Crippen MR) is 102 cm³/mol. The van der Waals surface area contributed by atoms with Crippen LogP contribution in [0.4, 0.5) is 5.69 Å². The number of rotatable bonds is 5. The number of anilines is 1. The smallest absolute Gasteiger partial charge is 0.350 e. The summed E-state index contributed by atoms with van der Waals surface area (Å²) in [5.41, 5.74) is 1.33. The van der Waals surface area contributed by atoms with Gasteiger partial charge >= 0.3 is 5.97 Å². The first-order valence-electron chi connectivity index (χ1n) is 8.44. The molecule has 0 fully saturated rings. The van der Waals surface area contributed by atoms with E-state index in [9.17, 15) is 9.59 Å². The van der Waals surface area contributed by atoms with Crippen LogP contribution in [0.25, 0.3) is 10.4 Å². The van der Waals surface area contributed by atoms with Crippen molar-refractivity contribution in [3.05, 3.63) is 53.4 Å². The van der Waals surface area contributed by atoms with Crippen LogP contribution in [0.1, 0.15) is 27.1 Å². The third-order valence-corrected chi connectivity index (χ3v) is 5.06. The number of nitrogens with one attached hydrogen (secondary N) is 1. The highest BCUT2D eigenvalue weighted by Crippen LogP contribution is 2.40. The Labute approximate surface area is 164 Å². The Balaban J connectivity index is 1.68. The molecule has 0 spiro atoms. The number of thiophene rings is 1. The quantitative estimate of drug-likeness (QED) is 0.659. The molecule has 0 radical (unpaired) electrons. The maximum atomic E-state index is 12.4. The van der Waals surface area contributed by atoms with E-state index in [1.54, 1.807) is 19.1 Å². The van der Waals surface area contributed by atoms with Crippen LogP contribution in [-0.4, -0.2) is 35.2 Å². The summed E-state index contributed by atoms with van der Waals surface area (Å²) in [6, 6.07) is 7.22. The first-order chi connectivity index (χ1) is 13.7. The summed E-state index contributed by atoms with van der Waals surface area (Å²) >= 11 is 1.22. The average molecular weight is 397 g/mol. The standard InChI is InChI=1S/C19H15N3O5S/c1-2-25-19(24)17-12(22-18(23)13-9-20-5-6-21-13)8-16(28-17)11-3-4-14-15(7-11)27-10-26-14/h3-9H,2,10H2,1H3,(H,22,23). The highest BCUT2D eigenvalue weighted by atomic mass is 32.1. The molecule has 2 aromatic heterocycles. The van der Waals surface area contributed by atoms with Gasteiger partial charge in [-0.05, 0) is 36.8 Å². The minimum absolute atomic E-state index is 0.146. The average Bonchev–Trinajstić information content (AvgIpc) is 3.35. The number of carbonyl (C=O) groups is 2. The van der Waals surface area contributed by atoms with E-state index in [4.69, 9.17) is 14.2 Å². The van der Waals surface area contributed by atoms with Gasteiger partial charge in [0.05, 0.1) is 18.5 Å². The van der Waals surface area contributed by atoms with Crippen molar-refractivity contribution < 1.29 is 23.8 Å². The fraction of sp³-hybridized carbons (Fsp3) is 0.158. The molecule has 0 aliphatic carbocycles. The van der Waals surface area contributed by atoms with E-state index >= 15 is 0 Å². The number of amides is 1. The van der Waals surface area contributed by atoms with Gasteiger partial charge in [-0.2, -0.15) is 0 Å². The van der Waals surface area contributed by atoms with Gasteiger partial charge in [0.15, 0.2) is 11.5 Å². The number of carbonyl (C=O) groups excluding carboxylic acids is 2. The number of hydrogen-bond donors (Lipinski definition) is 1. The monoisotopic (exact) mass is 397 g/mol. The Hall–Kier alpha value is -3.46. The lowest BCUT2D eigenvalue weighted by atomic mass is 10.1. The number of nitrogens with zero attached hydrogens (tertiary/aromatic N) is 2. The van der Waals surface area contributed by atoms with Crippen LogP contribution in [0.2, 0.25) is 0 Å². The second-order valence-corrected chi connectivity index (χ2v) is 6.74. The number of esters is 1. The number of ether oxygens (including phenoxy) is 3. The molecule has 1 aliphatic rings. The highest BCUT2D eigenvalue weighted by Gasteiger charge is 2.22. The highest BCUT2D eigenvalue weighted by molar-refractivity contribution is 7.18. The molecular weight excluding hydrogens is 382 g/mol.